The molecule has 2 heteroatoms. The largest absolute Gasteiger partial charge is 0.207 e. The van der Waals surface area contributed by atoms with Crippen LogP contribution in [0.3, 0.4) is 0 Å². The van der Waals surface area contributed by atoms with Crippen LogP contribution in [-0.2, 0) is 6.42 Å². The number of benzene rings is 4. The highest BCUT2D eigenvalue weighted by atomic mass is 19.1. The van der Waals surface area contributed by atoms with E-state index >= 15 is 0 Å². The molecular weight excluding hydrogens is 410 g/mol. The van der Waals surface area contributed by atoms with E-state index in [1.807, 2.05) is 18.2 Å². The fraction of sp³-hybridized carbons (Fsp3) is 0.161. The molecule has 0 N–H and O–H groups in total. The SMILES string of the molecule is Cc1ccccc1C1=c2ccc3c(c2CCC1)C(c1ccc(F)cc1)C=c1ccc(F)cc1=3. The Labute approximate surface area is 191 Å². The lowest BCUT2D eigenvalue weighted by Gasteiger charge is -2.26. The maximum atomic E-state index is 14.3. The first-order valence-corrected chi connectivity index (χ1v) is 11.6. The lowest BCUT2D eigenvalue weighted by molar-refractivity contribution is 0.625. The topological polar surface area (TPSA) is 0 Å². The molecule has 2 aliphatic rings. The average Bonchev–Trinajstić information content (AvgIpc) is 2.84. The van der Waals surface area contributed by atoms with Crippen molar-refractivity contribution in [2.75, 3.05) is 0 Å². The van der Waals surface area contributed by atoms with Crippen LogP contribution in [0.5, 0.6) is 0 Å². The van der Waals surface area contributed by atoms with Crippen LogP contribution >= 0.6 is 0 Å². The van der Waals surface area contributed by atoms with Crippen molar-refractivity contribution < 1.29 is 8.78 Å². The summed E-state index contributed by atoms with van der Waals surface area (Å²) in [5.74, 6) is -0.453. The summed E-state index contributed by atoms with van der Waals surface area (Å²) in [6, 6.07) is 24.8. The van der Waals surface area contributed by atoms with Gasteiger partial charge in [-0.25, -0.2) is 8.78 Å². The van der Waals surface area contributed by atoms with Crippen molar-refractivity contribution in [1.29, 1.82) is 0 Å². The zero-order valence-corrected chi connectivity index (χ0v) is 18.5. The highest BCUT2D eigenvalue weighted by Gasteiger charge is 2.24. The van der Waals surface area contributed by atoms with Gasteiger partial charge in [0, 0.05) is 5.92 Å². The highest BCUT2D eigenvalue weighted by Crippen LogP contribution is 2.34. The van der Waals surface area contributed by atoms with Crippen LogP contribution in [0, 0.1) is 29.0 Å². The van der Waals surface area contributed by atoms with Gasteiger partial charge in [-0.2, -0.15) is 0 Å². The highest BCUT2D eigenvalue weighted by molar-refractivity contribution is 5.71. The van der Waals surface area contributed by atoms with Crippen molar-refractivity contribution in [3.05, 3.63) is 139 Å². The molecule has 0 spiro atoms. The molecule has 0 radical (unpaired) electrons. The first kappa shape index (κ1) is 20.1. The maximum Gasteiger partial charge on any atom is 0.123 e. The maximum absolute atomic E-state index is 14.3. The van der Waals surface area contributed by atoms with Crippen LogP contribution in [0.2, 0.25) is 0 Å². The van der Waals surface area contributed by atoms with Crippen molar-refractivity contribution in [2.24, 2.45) is 0 Å². The summed E-state index contributed by atoms with van der Waals surface area (Å²) >= 11 is 0. The number of aryl methyl sites for hydroxylation is 1. The molecule has 0 aromatic heterocycles. The minimum atomic E-state index is -0.234. The van der Waals surface area contributed by atoms with Gasteiger partial charge in [0.2, 0.25) is 0 Å². The summed E-state index contributed by atoms with van der Waals surface area (Å²) in [4.78, 5) is 0. The summed E-state index contributed by atoms with van der Waals surface area (Å²) in [6.07, 6.45) is 5.34. The van der Waals surface area contributed by atoms with Gasteiger partial charge in [0.15, 0.2) is 0 Å². The quantitative estimate of drug-likeness (QED) is 0.362. The third-order valence-electron chi connectivity index (χ3n) is 7.20. The van der Waals surface area contributed by atoms with E-state index < -0.39 is 0 Å². The minimum absolute atomic E-state index is 0.00438. The minimum Gasteiger partial charge on any atom is -0.207 e. The second-order valence-electron chi connectivity index (χ2n) is 9.13. The predicted octanol–water partition coefficient (Wildman–Crippen LogP) is 6.02. The van der Waals surface area contributed by atoms with E-state index in [1.165, 1.54) is 51.2 Å². The van der Waals surface area contributed by atoms with Crippen molar-refractivity contribution >= 4 is 11.6 Å². The van der Waals surface area contributed by atoms with Gasteiger partial charge in [-0.3, -0.25) is 0 Å². The molecule has 6 rings (SSSR count). The molecule has 33 heavy (non-hydrogen) atoms. The molecule has 0 aliphatic heterocycles. The third kappa shape index (κ3) is 3.33. The van der Waals surface area contributed by atoms with Crippen LogP contribution in [0.1, 0.15) is 46.6 Å². The Morgan fingerprint density at radius 3 is 2.30 bits per heavy atom. The van der Waals surface area contributed by atoms with Gasteiger partial charge in [0.05, 0.1) is 0 Å². The number of fused-ring (bicyclic) bond motifs is 4. The molecule has 1 atom stereocenters. The van der Waals surface area contributed by atoms with E-state index in [1.54, 1.807) is 6.07 Å². The number of halogens is 2. The molecule has 4 aromatic carbocycles. The molecule has 4 aromatic rings. The molecule has 0 heterocycles. The van der Waals surface area contributed by atoms with Gasteiger partial charge in [0.25, 0.3) is 0 Å². The van der Waals surface area contributed by atoms with Crippen LogP contribution < -0.4 is 10.4 Å². The fourth-order valence-corrected chi connectivity index (χ4v) is 5.68. The van der Waals surface area contributed by atoms with E-state index in [-0.39, 0.29) is 17.6 Å². The summed E-state index contributed by atoms with van der Waals surface area (Å²) in [5, 5.41) is 4.35. The summed E-state index contributed by atoms with van der Waals surface area (Å²) in [7, 11) is 0. The number of hydrogen-bond donors (Lipinski definition) is 0. The summed E-state index contributed by atoms with van der Waals surface area (Å²) < 4.78 is 28.0. The zero-order valence-electron chi connectivity index (χ0n) is 18.5. The van der Waals surface area contributed by atoms with Gasteiger partial charge in [-0.1, -0.05) is 60.7 Å². The second-order valence-corrected chi connectivity index (χ2v) is 9.13. The molecule has 162 valence electrons. The van der Waals surface area contributed by atoms with Crippen LogP contribution in [0.4, 0.5) is 8.78 Å². The van der Waals surface area contributed by atoms with Crippen LogP contribution in [-0.4, -0.2) is 0 Å². The Bertz CT molecular complexity index is 1610. The molecule has 0 bridgehead atoms. The first-order valence-electron chi connectivity index (χ1n) is 11.6. The van der Waals surface area contributed by atoms with Crippen molar-refractivity contribution in [3.63, 3.8) is 0 Å². The smallest absolute Gasteiger partial charge is 0.123 e. The lowest BCUT2D eigenvalue weighted by atomic mass is 9.77. The molecule has 0 amide bonds. The van der Waals surface area contributed by atoms with Crippen LogP contribution in [0.25, 0.3) is 11.6 Å². The van der Waals surface area contributed by atoms with Gasteiger partial charge in [-0.15, -0.1) is 0 Å². The van der Waals surface area contributed by atoms with Crippen molar-refractivity contribution in [3.8, 4) is 0 Å². The second kappa shape index (κ2) is 7.81. The lowest BCUT2D eigenvalue weighted by Crippen LogP contribution is -2.25. The van der Waals surface area contributed by atoms with E-state index in [0.717, 1.165) is 40.5 Å². The van der Waals surface area contributed by atoms with Crippen molar-refractivity contribution in [1.82, 2.24) is 0 Å². The molecule has 0 nitrogen and oxygen atoms in total. The van der Waals surface area contributed by atoms with Crippen LogP contribution in [0.15, 0.2) is 78.9 Å². The van der Waals surface area contributed by atoms with E-state index in [0.29, 0.717) is 0 Å². The van der Waals surface area contributed by atoms with Crippen molar-refractivity contribution in [2.45, 2.75) is 32.1 Å². The Kier molecular flexibility index (Phi) is 4.76. The van der Waals surface area contributed by atoms with Gasteiger partial charge >= 0.3 is 0 Å². The van der Waals surface area contributed by atoms with E-state index in [9.17, 15) is 8.78 Å². The Balaban J connectivity index is 1.75. The fourth-order valence-electron chi connectivity index (χ4n) is 5.68. The molecular formula is C31H24F2. The summed E-state index contributed by atoms with van der Waals surface area (Å²) in [6.45, 7) is 2.17. The number of hydrogen-bond acceptors (Lipinski definition) is 0. The van der Waals surface area contributed by atoms with Gasteiger partial charge < -0.3 is 0 Å². The monoisotopic (exact) mass is 434 g/mol. The Morgan fingerprint density at radius 1 is 0.727 bits per heavy atom. The molecule has 2 aliphatic carbocycles. The Morgan fingerprint density at radius 2 is 1.48 bits per heavy atom. The first-order chi connectivity index (χ1) is 16.1. The standard InChI is InChI=1S/C31H24F2/c1-19-5-2-3-6-24(19)25-7-4-8-27-26(25)15-16-28-29-18-23(33)14-11-21(29)17-30(31(27)28)20-9-12-22(32)13-10-20/h2-3,5-6,9-18,30H,4,7-8H2,1H3. The van der Waals surface area contributed by atoms with E-state index in [2.05, 4.69) is 49.4 Å². The zero-order chi connectivity index (χ0) is 22.5. The summed E-state index contributed by atoms with van der Waals surface area (Å²) in [5.41, 5.74) is 7.62. The van der Waals surface area contributed by atoms with Gasteiger partial charge in [-0.05, 0) is 105 Å². The third-order valence-corrected chi connectivity index (χ3v) is 7.20. The molecule has 0 fully saturated rings. The molecule has 0 saturated heterocycles. The van der Waals surface area contributed by atoms with E-state index in [4.69, 9.17) is 0 Å². The van der Waals surface area contributed by atoms with Gasteiger partial charge in [0.1, 0.15) is 11.6 Å². The number of rotatable bonds is 2. The Hall–Kier alpha value is -3.52. The normalized spacial score (nSPS) is 16.5. The molecule has 0 saturated carbocycles. The molecule has 1 unspecified atom stereocenters. The average molecular weight is 435 g/mol. The predicted molar refractivity (Wildman–Crippen MR) is 129 cm³/mol.